The van der Waals surface area contributed by atoms with E-state index in [4.69, 9.17) is 23.2 Å². The molecule has 0 aliphatic carbocycles. The van der Waals surface area contributed by atoms with E-state index >= 15 is 0 Å². The van der Waals surface area contributed by atoms with Gasteiger partial charge in [0.1, 0.15) is 0 Å². The molecular weight excluding hydrogens is 335 g/mol. The van der Waals surface area contributed by atoms with E-state index in [9.17, 15) is 4.79 Å². The summed E-state index contributed by atoms with van der Waals surface area (Å²) >= 11 is 12.0. The highest BCUT2D eigenvalue weighted by atomic mass is 35.5. The van der Waals surface area contributed by atoms with E-state index < -0.39 is 0 Å². The van der Waals surface area contributed by atoms with Crippen LogP contribution in [-0.4, -0.2) is 21.7 Å². The van der Waals surface area contributed by atoms with E-state index in [1.807, 2.05) is 25.4 Å². The Balaban J connectivity index is 1.71. The van der Waals surface area contributed by atoms with Crippen LogP contribution in [0.25, 0.3) is 0 Å². The fourth-order valence-corrected chi connectivity index (χ4v) is 3.15. The molecule has 2 aromatic rings. The number of aromatic nitrogens is 2. The average Bonchev–Trinajstić information content (AvgIpc) is 2.96. The lowest BCUT2D eigenvalue weighted by atomic mass is 9.93. The fraction of sp³-hybridized carbons (Fsp3) is 0.375. The Kier molecular flexibility index (Phi) is 4.90. The van der Waals surface area contributed by atoms with Crippen LogP contribution in [0.2, 0.25) is 10.0 Å². The minimum absolute atomic E-state index is 0.0754. The first-order chi connectivity index (χ1) is 11.0. The van der Waals surface area contributed by atoms with Crippen LogP contribution in [0.3, 0.4) is 0 Å². The number of carbonyl (C=O) groups is 1. The third-order valence-corrected chi connectivity index (χ3v) is 4.78. The predicted molar refractivity (Wildman–Crippen MR) is 90.4 cm³/mol. The molecule has 0 radical (unpaired) electrons. The topological polar surface area (TPSA) is 59.0 Å². The summed E-state index contributed by atoms with van der Waals surface area (Å²) in [7, 11) is 1.87. The first-order valence-electron chi connectivity index (χ1n) is 7.48. The molecule has 1 saturated heterocycles. The second kappa shape index (κ2) is 6.91. The monoisotopic (exact) mass is 352 g/mol. The molecule has 1 fully saturated rings. The molecule has 122 valence electrons. The van der Waals surface area contributed by atoms with Crippen LogP contribution in [0.5, 0.6) is 0 Å². The summed E-state index contributed by atoms with van der Waals surface area (Å²) in [6.07, 6.45) is 5.04. The van der Waals surface area contributed by atoms with Crippen molar-refractivity contribution in [2.75, 3.05) is 0 Å². The zero-order chi connectivity index (χ0) is 16.4. The molecule has 0 bridgehead atoms. The van der Waals surface area contributed by atoms with Gasteiger partial charge in [-0.1, -0.05) is 29.3 Å². The smallest absolute Gasteiger partial charge is 0.220 e. The highest BCUT2D eigenvalue weighted by Gasteiger charge is 2.30. The minimum atomic E-state index is -0.0762. The summed E-state index contributed by atoms with van der Waals surface area (Å²) < 4.78 is 1.74. The molecule has 2 N–H and O–H groups in total. The highest BCUT2D eigenvalue weighted by Crippen LogP contribution is 2.25. The molecule has 1 aliphatic rings. The Hall–Kier alpha value is -1.56. The number of piperidine rings is 1. The molecule has 2 heterocycles. The Morgan fingerprint density at radius 1 is 1.39 bits per heavy atom. The summed E-state index contributed by atoms with van der Waals surface area (Å²) in [5.74, 6) is 0.0754. The lowest BCUT2D eigenvalue weighted by molar-refractivity contribution is -0.123. The number of carbonyl (C=O) groups excluding carboxylic acids is 1. The van der Waals surface area contributed by atoms with Gasteiger partial charge in [-0.05, 0) is 24.1 Å². The van der Waals surface area contributed by atoms with Gasteiger partial charge in [-0.15, -0.1) is 0 Å². The number of halogens is 2. The molecule has 1 amide bonds. The van der Waals surface area contributed by atoms with Crippen molar-refractivity contribution in [1.82, 2.24) is 20.4 Å². The Bertz CT molecular complexity index is 716. The van der Waals surface area contributed by atoms with E-state index in [0.717, 1.165) is 17.5 Å². The Morgan fingerprint density at radius 3 is 2.91 bits per heavy atom. The molecule has 1 aromatic heterocycles. The number of nitrogens with one attached hydrogen (secondary N) is 2. The largest absolute Gasteiger partial charge is 0.348 e. The van der Waals surface area contributed by atoms with Crippen molar-refractivity contribution >= 4 is 29.1 Å². The highest BCUT2D eigenvalue weighted by molar-refractivity contribution is 6.42. The minimum Gasteiger partial charge on any atom is -0.348 e. The van der Waals surface area contributed by atoms with Crippen LogP contribution in [0.1, 0.15) is 30.0 Å². The molecule has 0 saturated carbocycles. The van der Waals surface area contributed by atoms with Gasteiger partial charge in [-0.2, -0.15) is 5.10 Å². The Labute approximate surface area is 145 Å². The molecule has 23 heavy (non-hydrogen) atoms. The van der Waals surface area contributed by atoms with Crippen molar-refractivity contribution in [2.24, 2.45) is 7.05 Å². The zero-order valence-electron chi connectivity index (χ0n) is 12.7. The van der Waals surface area contributed by atoms with Gasteiger partial charge in [0.15, 0.2) is 0 Å². The first kappa shape index (κ1) is 16.3. The summed E-state index contributed by atoms with van der Waals surface area (Å²) in [6, 6.07) is 5.67. The van der Waals surface area contributed by atoms with Crippen LogP contribution in [0.4, 0.5) is 0 Å². The van der Waals surface area contributed by atoms with Gasteiger partial charge in [0.05, 0.1) is 22.3 Å². The molecule has 0 spiro atoms. The van der Waals surface area contributed by atoms with Gasteiger partial charge in [-0.3, -0.25) is 9.48 Å². The standard InChI is InChI=1S/C16H18Cl2N4O/c1-22-9-11(8-20-22)16-14(4-5-15(23)21-16)19-7-10-2-3-12(17)13(18)6-10/h2-3,6,8-9,14,16,19H,4-5,7H2,1H3,(H,21,23)/t14-,16+/m1/s1. The van der Waals surface area contributed by atoms with Crippen molar-refractivity contribution in [3.05, 3.63) is 51.8 Å². The third kappa shape index (κ3) is 3.86. The summed E-state index contributed by atoms with van der Waals surface area (Å²) in [4.78, 5) is 11.8. The number of hydrogen-bond donors (Lipinski definition) is 2. The summed E-state index contributed by atoms with van der Waals surface area (Å²) in [5.41, 5.74) is 2.06. The quantitative estimate of drug-likeness (QED) is 0.889. The zero-order valence-corrected chi connectivity index (χ0v) is 14.2. The van der Waals surface area contributed by atoms with Crippen LogP contribution in [0, 0.1) is 0 Å². The molecular formula is C16H18Cl2N4O. The van der Waals surface area contributed by atoms with E-state index in [-0.39, 0.29) is 18.0 Å². The predicted octanol–water partition coefficient (Wildman–Crippen LogP) is 2.84. The maximum absolute atomic E-state index is 11.8. The molecule has 2 atom stereocenters. The van der Waals surface area contributed by atoms with Crippen LogP contribution in [-0.2, 0) is 18.4 Å². The number of hydrogen-bond acceptors (Lipinski definition) is 3. The molecule has 7 heteroatoms. The van der Waals surface area contributed by atoms with E-state index in [1.54, 1.807) is 16.9 Å². The van der Waals surface area contributed by atoms with Crippen molar-refractivity contribution in [2.45, 2.75) is 31.5 Å². The summed E-state index contributed by atoms with van der Waals surface area (Å²) in [6.45, 7) is 0.661. The third-order valence-electron chi connectivity index (χ3n) is 4.04. The number of benzene rings is 1. The van der Waals surface area contributed by atoms with Gasteiger partial charge in [0.2, 0.25) is 5.91 Å². The molecule has 1 aromatic carbocycles. The normalized spacial score (nSPS) is 21.3. The van der Waals surface area contributed by atoms with Crippen molar-refractivity contribution in [3.8, 4) is 0 Å². The number of aryl methyl sites for hydroxylation is 1. The number of nitrogens with zero attached hydrogens (tertiary/aromatic N) is 2. The summed E-state index contributed by atoms with van der Waals surface area (Å²) in [5, 5.41) is 11.9. The van der Waals surface area contributed by atoms with Crippen molar-refractivity contribution in [1.29, 1.82) is 0 Å². The van der Waals surface area contributed by atoms with Crippen molar-refractivity contribution in [3.63, 3.8) is 0 Å². The first-order valence-corrected chi connectivity index (χ1v) is 8.24. The second-order valence-electron chi connectivity index (χ2n) is 5.77. The second-order valence-corrected chi connectivity index (χ2v) is 6.58. The van der Waals surface area contributed by atoms with E-state index in [2.05, 4.69) is 15.7 Å². The van der Waals surface area contributed by atoms with Crippen molar-refractivity contribution < 1.29 is 4.79 Å². The average molecular weight is 353 g/mol. The lowest BCUT2D eigenvalue weighted by Crippen LogP contribution is -2.48. The molecule has 1 aliphatic heterocycles. The molecule has 3 rings (SSSR count). The molecule has 0 unspecified atom stereocenters. The number of amides is 1. The maximum atomic E-state index is 11.8. The van der Waals surface area contributed by atoms with Gasteiger partial charge in [0.25, 0.3) is 0 Å². The van der Waals surface area contributed by atoms with E-state index in [0.29, 0.717) is 23.0 Å². The van der Waals surface area contributed by atoms with Gasteiger partial charge in [0, 0.05) is 37.8 Å². The van der Waals surface area contributed by atoms with Gasteiger partial charge in [-0.25, -0.2) is 0 Å². The van der Waals surface area contributed by atoms with Gasteiger partial charge < -0.3 is 10.6 Å². The number of rotatable bonds is 4. The molecule has 5 nitrogen and oxygen atoms in total. The van der Waals surface area contributed by atoms with Crippen LogP contribution in [0.15, 0.2) is 30.6 Å². The Morgan fingerprint density at radius 2 is 2.22 bits per heavy atom. The van der Waals surface area contributed by atoms with Crippen LogP contribution >= 0.6 is 23.2 Å². The maximum Gasteiger partial charge on any atom is 0.220 e. The van der Waals surface area contributed by atoms with E-state index in [1.165, 1.54) is 0 Å². The SMILES string of the molecule is Cn1cc([C@@H]2NC(=O)CC[C@H]2NCc2ccc(Cl)c(Cl)c2)cn1. The van der Waals surface area contributed by atoms with Crippen LogP contribution < -0.4 is 10.6 Å². The fourth-order valence-electron chi connectivity index (χ4n) is 2.83. The van der Waals surface area contributed by atoms with Gasteiger partial charge >= 0.3 is 0 Å². The lowest BCUT2D eigenvalue weighted by Gasteiger charge is -2.32.